The SMILES string of the molecule is CC1CCC2C(CCC3C2CCC2(C)C3CC(C)C2C(C)O)C1. The summed E-state index contributed by atoms with van der Waals surface area (Å²) >= 11 is 0. The molecule has 4 aliphatic carbocycles. The Kier molecular flexibility index (Phi) is 4.11. The second-order valence-electron chi connectivity index (χ2n) is 10.4. The summed E-state index contributed by atoms with van der Waals surface area (Å²) in [5.41, 5.74) is 0.420. The van der Waals surface area contributed by atoms with Crippen LogP contribution in [0.5, 0.6) is 0 Å². The Morgan fingerprint density at radius 3 is 2.39 bits per heavy atom. The topological polar surface area (TPSA) is 20.2 Å². The maximum absolute atomic E-state index is 10.4. The first kappa shape index (κ1) is 16.4. The lowest BCUT2D eigenvalue weighted by Crippen LogP contribution is -2.49. The molecular formula is C22H38O. The number of aliphatic hydroxyl groups excluding tert-OH is 1. The van der Waals surface area contributed by atoms with Crippen LogP contribution in [0, 0.1) is 52.8 Å². The molecule has 0 aromatic carbocycles. The highest BCUT2D eigenvalue weighted by molar-refractivity contribution is 5.08. The van der Waals surface area contributed by atoms with Crippen LogP contribution < -0.4 is 0 Å². The summed E-state index contributed by atoms with van der Waals surface area (Å²) < 4.78 is 0. The van der Waals surface area contributed by atoms with Gasteiger partial charge in [0, 0.05) is 0 Å². The lowest BCUT2D eigenvalue weighted by Gasteiger charge is -2.56. The Bertz CT molecular complexity index is 443. The van der Waals surface area contributed by atoms with E-state index < -0.39 is 0 Å². The summed E-state index contributed by atoms with van der Waals surface area (Å²) in [6, 6.07) is 0. The molecule has 1 nitrogen and oxygen atoms in total. The molecule has 23 heavy (non-hydrogen) atoms. The van der Waals surface area contributed by atoms with Crippen LogP contribution in [0.1, 0.15) is 79.1 Å². The number of hydrogen-bond acceptors (Lipinski definition) is 1. The zero-order valence-corrected chi connectivity index (χ0v) is 15.8. The van der Waals surface area contributed by atoms with Crippen molar-refractivity contribution in [3.63, 3.8) is 0 Å². The minimum Gasteiger partial charge on any atom is -0.393 e. The molecule has 4 saturated carbocycles. The first-order valence-corrected chi connectivity index (χ1v) is 10.6. The van der Waals surface area contributed by atoms with Gasteiger partial charge in [-0.3, -0.25) is 0 Å². The minimum atomic E-state index is -0.122. The predicted octanol–water partition coefficient (Wildman–Crippen LogP) is 5.52. The summed E-state index contributed by atoms with van der Waals surface area (Å²) in [4.78, 5) is 0. The highest BCUT2D eigenvalue weighted by atomic mass is 16.3. The van der Waals surface area contributed by atoms with E-state index in [1.165, 1.54) is 51.4 Å². The third-order valence-electron chi connectivity index (χ3n) is 9.17. The maximum Gasteiger partial charge on any atom is 0.0548 e. The second-order valence-corrected chi connectivity index (χ2v) is 10.4. The maximum atomic E-state index is 10.4. The highest BCUT2D eigenvalue weighted by Gasteiger charge is 2.59. The average Bonchev–Trinajstić information content (AvgIpc) is 2.77. The second kappa shape index (κ2) is 5.75. The molecule has 0 radical (unpaired) electrons. The van der Waals surface area contributed by atoms with Crippen LogP contribution >= 0.6 is 0 Å². The lowest BCUT2D eigenvalue weighted by atomic mass is 9.49. The Labute approximate surface area is 143 Å². The third kappa shape index (κ3) is 2.43. The van der Waals surface area contributed by atoms with E-state index in [1.54, 1.807) is 0 Å². The lowest BCUT2D eigenvalue weighted by molar-refractivity contribution is -0.0831. The zero-order chi connectivity index (χ0) is 16.4. The standard InChI is InChI=1S/C22H38O/c1-13-5-7-17-16(11-13)6-8-19-18(17)9-10-22(4)20(19)12-14(2)21(22)15(3)23/h13-21,23H,5-12H2,1-4H3. The van der Waals surface area contributed by atoms with Crippen LogP contribution in [0.25, 0.3) is 0 Å². The predicted molar refractivity (Wildman–Crippen MR) is 96.0 cm³/mol. The van der Waals surface area contributed by atoms with Gasteiger partial charge < -0.3 is 5.11 Å². The van der Waals surface area contributed by atoms with Crippen molar-refractivity contribution in [3.05, 3.63) is 0 Å². The molecule has 132 valence electrons. The van der Waals surface area contributed by atoms with Crippen molar-refractivity contribution in [2.24, 2.45) is 52.8 Å². The van der Waals surface area contributed by atoms with Gasteiger partial charge in [0.2, 0.25) is 0 Å². The van der Waals surface area contributed by atoms with Crippen LogP contribution in [-0.2, 0) is 0 Å². The van der Waals surface area contributed by atoms with Crippen molar-refractivity contribution >= 4 is 0 Å². The molecule has 10 atom stereocenters. The molecule has 1 heteroatoms. The zero-order valence-electron chi connectivity index (χ0n) is 15.8. The monoisotopic (exact) mass is 318 g/mol. The minimum absolute atomic E-state index is 0.122. The first-order chi connectivity index (χ1) is 10.9. The van der Waals surface area contributed by atoms with Gasteiger partial charge in [0.1, 0.15) is 0 Å². The van der Waals surface area contributed by atoms with Crippen molar-refractivity contribution < 1.29 is 5.11 Å². The number of rotatable bonds is 1. The largest absolute Gasteiger partial charge is 0.393 e. The molecule has 4 rings (SSSR count). The molecule has 4 aliphatic rings. The van der Waals surface area contributed by atoms with E-state index in [0.717, 1.165) is 35.5 Å². The molecule has 0 aliphatic heterocycles. The van der Waals surface area contributed by atoms with E-state index in [-0.39, 0.29) is 6.10 Å². The van der Waals surface area contributed by atoms with Gasteiger partial charge in [-0.15, -0.1) is 0 Å². The molecule has 0 bridgehead atoms. The van der Waals surface area contributed by atoms with Gasteiger partial charge in [0.15, 0.2) is 0 Å². The first-order valence-electron chi connectivity index (χ1n) is 10.6. The van der Waals surface area contributed by atoms with Gasteiger partial charge in [-0.2, -0.15) is 0 Å². The molecule has 4 fully saturated rings. The summed E-state index contributed by atoms with van der Waals surface area (Å²) in [5.74, 6) is 7.24. The van der Waals surface area contributed by atoms with Crippen LogP contribution in [0.4, 0.5) is 0 Å². The average molecular weight is 319 g/mol. The van der Waals surface area contributed by atoms with E-state index in [1.807, 2.05) is 0 Å². The van der Waals surface area contributed by atoms with Crippen LogP contribution in [0.2, 0.25) is 0 Å². The Hall–Kier alpha value is -0.0400. The smallest absolute Gasteiger partial charge is 0.0548 e. The van der Waals surface area contributed by atoms with Crippen LogP contribution in [-0.4, -0.2) is 11.2 Å². The summed E-state index contributed by atoms with van der Waals surface area (Å²) in [6.07, 6.45) is 11.6. The van der Waals surface area contributed by atoms with E-state index >= 15 is 0 Å². The molecule has 10 unspecified atom stereocenters. The van der Waals surface area contributed by atoms with Gasteiger partial charge in [0.25, 0.3) is 0 Å². The molecule has 0 spiro atoms. The van der Waals surface area contributed by atoms with Crippen molar-refractivity contribution in [2.45, 2.75) is 85.2 Å². The Balaban J connectivity index is 1.58. The van der Waals surface area contributed by atoms with E-state index in [2.05, 4.69) is 27.7 Å². The van der Waals surface area contributed by atoms with Crippen molar-refractivity contribution in [2.75, 3.05) is 0 Å². The molecular weight excluding hydrogens is 280 g/mol. The van der Waals surface area contributed by atoms with Crippen molar-refractivity contribution in [3.8, 4) is 0 Å². The fourth-order valence-corrected chi connectivity index (χ4v) is 8.52. The fourth-order valence-electron chi connectivity index (χ4n) is 8.52. The molecule has 1 N–H and O–H groups in total. The summed E-state index contributed by atoms with van der Waals surface area (Å²) in [7, 11) is 0. The molecule has 0 heterocycles. The van der Waals surface area contributed by atoms with Crippen LogP contribution in [0.15, 0.2) is 0 Å². The van der Waals surface area contributed by atoms with Crippen molar-refractivity contribution in [1.82, 2.24) is 0 Å². The number of fused-ring (bicyclic) bond motifs is 5. The van der Waals surface area contributed by atoms with Gasteiger partial charge >= 0.3 is 0 Å². The third-order valence-corrected chi connectivity index (χ3v) is 9.17. The van der Waals surface area contributed by atoms with E-state index in [0.29, 0.717) is 17.3 Å². The van der Waals surface area contributed by atoms with Crippen LogP contribution in [0.3, 0.4) is 0 Å². The number of aliphatic hydroxyl groups is 1. The summed E-state index contributed by atoms with van der Waals surface area (Å²) in [6.45, 7) is 9.50. The van der Waals surface area contributed by atoms with E-state index in [9.17, 15) is 5.11 Å². The Morgan fingerprint density at radius 2 is 1.65 bits per heavy atom. The van der Waals surface area contributed by atoms with Crippen molar-refractivity contribution in [1.29, 1.82) is 0 Å². The van der Waals surface area contributed by atoms with Gasteiger partial charge in [-0.1, -0.05) is 27.2 Å². The quantitative estimate of drug-likeness (QED) is 0.675. The Morgan fingerprint density at radius 1 is 0.913 bits per heavy atom. The van der Waals surface area contributed by atoms with Gasteiger partial charge in [-0.25, -0.2) is 0 Å². The normalized spacial score (nSPS) is 57.3. The molecule has 0 aromatic rings. The fraction of sp³-hybridized carbons (Fsp3) is 1.00. The summed E-state index contributed by atoms with van der Waals surface area (Å²) in [5, 5.41) is 10.4. The highest BCUT2D eigenvalue weighted by Crippen LogP contribution is 2.66. The van der Waals surface area contributed by atoms with Gasteiger partial charge in [-0.05, 0) is 105 Å². The molecule has 0 saturated heterocycles. The molecule has 0 amide bonds. The van der Waals surface area contributed by atoms with E-state index in [4.69, 9.17) is 0 Å². The number of hydrogen-bond donors (Lipinski definition) is 1. The van der Waals surface area contributed by atoms with Gasteiger partial charge in [0.05, 0.1) is 6.10 Å². The molecule has 0 aromatic heterocycles.